The quantitative estimate of drug-likeness (QED) is 0.490. The number of esters is 1. The fourth-order valence-corrected chi connectivity index (χ4v) is 1.96. The molecule has 0 spiro atoms. The molecule has 0 aliphatic rings. The summed E-state index contributed by atoms with van der Waals surface area (Å²) < 4.78 is 6.03. The molecule has 0 aromatic heterocycles. The van der Waals surface area contributed by atoms with E-state index < -0.39 is 5.97 Å². The van der Waals surface area contributed by atoms with E-state index in [1.165, 1.54) is 6.92 Å². The Morgan fingerprint density at radius 3 is 2.37 bits per heavy atom. The molecule has 2 aromatic carbocycles. The number of rotatable bonds is 3. The molecule has 0 N–H and O–H groups in total. The highest BCUT2D eigenvalue weighted by molar-refractivity contribution is 9.10. The van der Waals surface area contributed by atoms with Crippen molar-refractivity contribution in [3.05, 3.63) is 64.1 Å². The highest BCUT2D eigenvalue weighted by Crippen LogP contribution is 2.24. The van der Waals surface area contributed by atoms with Gasteiger partial charge in [0.15, 0.2) is 5.78 Å². The Kier molecular flexibility index (Phi) is 4.12. The van der Waals surface area contributed by atoms with E-state index in [1.54, 1.807) is 42.5 Å². The van der Waals surface area contributed by atoms with Gasteiger partial charge < -0.3 is 4.74 Å². The van der Waals surface area contributed by atoms with Crippen LogP contribution >= 0.6 is 15.9 Å². The molecular weight excluding hydrogens is 308 g/mol. The van der Waals surface area contributed by atoms with E-state index in [2.05, 4.69) is 15.9 Å². The van der Waals surface area contributed by atoms with Crippen LogP contribution in [-0.2, 0) is 0 Å². The zero-order chi connectivity index (χ0) is 13.8. The van der Waals surface area contributed by atoms with Gasteiger partial charge in [0.2, 0.25) is 0 Å². The first-order valence-corrected chi connectivity index (χ1v) is 6.45. The molecule has 0 aliphatic carbocycles. The third-order valence-electron chi connectivity index (χ3n) is 2.53. The molecule has 0 saturated heterocycles. The van der Waals surface area contributed by atoms with Crippen molar-refractivity contribution in [1.29, 1.82) is 0 Å². The molecule has 0 aliphatic heterocycles. The van der Waals surface area contributed by atoms with Crippen LogP contribution in [0, 0.1) is 0 Å². The normalized spacial score (nSPS) is 10.0. The van der Waals surface area contributed by atoms with Gasteiger partial charge in [-0.3, -0.25) is 4.79 Å². The lowest BCUT2D eigenvalue weighted by Gasteiger charge is -2.08. The van der Waals surface area contributed by atoms with Crippen LogP contribution in [-0.4, -0.2) is 11.8 Å². The molecule has 2 rings (SSSR count). The van der Waals surface area contributed by atoms with Crippen LogP contribution in [0.5, 0.6) is 5.75 Å². The van der Waals surface area contributed by atoms with Gasteiger partial charge >= 0.3 is 5.97 Å². The van der Waals surface area contributed by atoms with Crippen LogP contribution in [0.2, 0.25) is 0 Å². The van der Waals surface area contributed by atoms with E-state index in [0.29, 0.717) is 11.1 Å². The Labute approximate surface area is 119 Å². The lowest BCUT2D eigenvalue weighted by molar-refractivity contribution is 0.0733. The van der Waals surface area contributed by atoms with Gasteiger partial charge in [0.1, 0.15) is 5.75 Å². The Balaban J connectivity index is 2.29. The first kappa shape index (κ1) is 13.5. The predicted molar refractivity (Wildman–Crippen MR) is 75.5 cm³/mol. The Hall–Kier alpha value is -1.94. The maximum Gasteiger partial charge on any atom is 0.343 e. The largest absolute Gasteiger partial charge is 0.422 e. The highest BCUT2D eigenvalue weighted by Gasteiger charge is 2.14. The minimum Gasteiger partial charge on any atom is -0.422 e. The maximum atomic E-state index is 11.9. The van der Waals surface area contributed by atoms with Crippen molar-refractivity contribution < 1.29 is 14.3 Å². The number of ketones is 1. The number of benzene rings is 2. The summed E-state index contributed by atoms with van der Waals surface area (Å²) in [5.41, 5.74) is 0.818. The molecule has 0 fully saturated rings. The van der Waals surface area contributed by atoms with Gasteiger partial charge in [-0.2, -0.15) is 0 Å². The molecule has 4 heteroatoms. The van der Waals surface area contributed by atoms with E-state index in [0.717, 1.165) is 4.47 Å². The smallest absolute Gasteiger partial charge is 0.343 e. The van der Waals surface area contributed by atoms with Gasteiger partial charge in [0, 0.05) is 4.47 Å². The van der Waals surface area contributed by atoms with E-state index in [-0.39, 0.29) is 11.5 Å². The second kappa shape index (κ2) is 5.80. The lowest BCUT2D eigenvalue weighted by Crippen LogP contribution is -2.10. The van der Waals surface area contributed by atoms with Gasteiger partial charge in [-0.25, -0.2) is 4.79 Å². The molecule has 0 amide bonds. The van der Waals surface area contributed by atoms with E-state index in [9.17, 15) is 9.59 Å². The number of hydrogen-bond donors (Lipinski definition) is 0. The molecule has 0 saturated carbocycles. The Bertz CT molecular complexity index is 621. The Morgan fingerprint density at radius 1 is 1.05 bits per heavy atom. The Morgan fingerprint density at radius 2 is 1.74 bits per heavy atom. The summed E-state index contributed by atoms with van der Waals surface area (Å²) in [6.07, 6.45) is 0. The van der Waals surface area contributed by atoms with Crippen molar-refractivity contribution in [3.8, 4) is 5.75 Å². The average molecular weight is 319 g/mol. The number of hydrogen-bond acceptors (Lipinski definition) is 3. The second-order valence-corrected chi connectivity index (χ2v) is 4.87. The second-order valence-electron chi connectivity index (χ2n) is 3.95. The first-order valence-electron chi connectivity index (χ1n) is 5.65. The topological polar surface area (TPSA) is 43.4 Å². The molecule has 0 atom stereocenters. The molecule has 0 heterocycles. The van der Waals surface area contributed by atoms with Crippen LogP contribution in [0.1, 0.15) is 27.6 Å². The monoisotopic (exact) mass is 318 g/mol. The van der Waals surface area contributed by atoms with Crippen molar-refractivity contribution in [2.24, 2.45) is 0 Å². The number of carbonyl (C=O) groups excluding carboxylic acids is 2. The van der Waals surface area contributed by atoms with Gasteiger partial charge in [0.25, 0.3) is 0 Å². The number of carbonyl (C=O) groups is 2. The van der Waals surface area contributed by atoms with Crippen molar-refractivity contribution in [2.45, 2.75) is 6.92 Å². The van der Waals surface area contributed by atoms with Crippen molar-refractivity contribution in [1.82, 2.24) is 0 Å². The summed E-state index contributed by atoms with van der Waals surface area (Å²) in [6.45, 7) is 1.43. The number of halogens is 1. The van der Waals surface area contributed by atoms with E-state index in [1.807, 2.05) is 6.07 Å². The maximum absolute atomic E-state index is 11.9. The molecule has 19 heavy (non-hydrogen) atoms. The predicted octanol–water partition coefficient (Wildman–Crippen LogP) is 3.87. The molecule has 0 unspecified atom stereocenters. The minimum absolute atomic E-state index is 0.155. The summed E-state index contributed by atoms with van der Waals surface area (Å²) in [5, 5.41) is 0. The fourth-order valence-electron chi connectivity index (χ4n) is 1.60. The summed E-state index contributed by atoms with van der Waals surface area (Å²) in [5.74, 6) is -0.368. The van der Waals surface area contributed by atoms with E-state index in [4.69, 9.17) is 4.74 Å². The summed E-state index contributed by atoms with van der Waals surface area (Å²) in [7, 11) is 0. The molecule has 3 nitrogen and oxygen atoms in total. The molecular formula is C15H11BrO3. The van der Waals surface area contributed by atoms with Gasteiger partial charge in [-0.1, -0.05) is 34.1 Å². The minimum atomic E-state index is -0.481. The van der Waals surface area contributed by atoms with Gasteiger partial charge in [0.05, 0.1) is 11.1 Å². The summed E-state index contributed by atoms with van der Waals surface area (Å²) in [6, 6.07) is 13.6. The molecule has 2 aromatic rings. The summed E-state index contributed by atoms with van der Waals surface area (Å²) >= 11 is 3.28. The number of Topliss-reactive ketones (excluding diaryl/α,β-unsaturated/α-hetero) is 1. The SMILES string of the molecule is CC(=O)c1cc(Br)ccc1OC(=O)c1ccccc1. The lowest BCUT2D eigenvalue weighted by atomic mass is 10.1. The van der Waals surface area contributed by atoms with Crippen LogP contribution in [0.4, 0.5) is 0 Å². The van der Waals surface area contributed by atoms with Crippen LogP contribution in [0.3, 0.4) is 0 Å². The standard InChI is InChI=1S/C15H11BrO3/c1-10(17)13-9-12(16)7-8-14(13)19-15(18)11-5-3-2-4-6-11/h2-9H,1H3. The van der Waals surface area contributed by atoms with E-state index >= 15 is 0 Å². The first-order chi connectivity index (χ1) is 9.08. The zero-order valence-electron chi connectivity index (χ0n) is 10.2. The van der Waals surface area contributed by atoms with Gasteiger partial charge in [-0.15, -0.1) is 0 Å². The zero-order valence-corrected chi connectivity index (χ0v) is 11.8. The summed E-state index contributed by atoms with van der Waals surface area (Å²) in [4.78, 5) is 23.5. The third-order valence-corrected chi connectivity index (χ3v) is 3.03. The number of ether oxygens (including phenoxy) is 1. The highest BCUT2D eigenvalue weighted by atomic mass is 79.9. The third kappa shape index (κ3) is 3.29. The van der Waals surface area contributed by atoms with Crippen LogP contribution in [0.15, 0.2) is 53.0 Å². The average Bonchev–Trinajstić information content (AvgIpc) is 2.41. The van der Waals surface area contributed by atoms with Crippen LogP contribution in [0.25, 0.3) is 0 Å². The van der Waals surface area contributed by atoms with Crippen molar-refractivity contribution in [3.63, 3.8) is 0 Å². The van der Waals surface area contributed by atoms with Crippen molar-refractivity contribution >= 4 is 27.7 Å². The van der Waals surface area contributed by atoms with Gasteiger partial charge in [-0.05, 0) is 37.3 Å². The fraction of sp³-hybridized carbons (Fsp3) is 0.0667. The molecule has 0 radical (unpaired) electrons. The molecule has 96 valence electrons. The molecule has 0 bridgehead atoms. The van der Waals surface area contributed by atoms with Crippen molar-refractivity contribution in [2.75, 3.05) is 0 Å². The van der Waals surface area contributed by atoms with Crippen LogP contribution < -0.4 is 4.74 Å².